The summed E-state index contributed by atoms with van der Waals surface area (Å²) < 4.78 is 5.86. The van der Waals surface area contributed by atoms with Gasteiger partial charge < -0.3 is 9.32 Å². The van der Waals surface area contributed by atoms with E-state index in [4.69, 9.17) is 4.42 Å². The molecule has 1 aromatic heterocycles. The molecular formula is C17H20BrNO2. The van der Waals surface area contributed by atoms with E-state index in [0.29, 0.717) is 17.0 Å². The first-order valence-corrected chi connectivity index (χ1v) is 7.67. The van der Waals surface area contributed by atoms with Crippen molar-refractivity contribution >= 4 is 21.8 Å². The fourth-order valence-electron chi connectivity index (χ4n) is 2.07. The fourth-order valence-corrected chi connectivity index (χ4v) is 2.38. The van der Waals surface area contributed by atoms with Gasteiger partial charge in [-0.3, -0.25) is 4.79 Å². The van der Waals surface area contributed by atoms with E-state index in [9.17, 15) is 4.79 Å². The SMILES string of the molecule is CN(Cc1ccc(C(C)(C)C)cc1)C(=O)c1ccc(Br)o1. The third-order valence-corrected chi connectivity index (χ3v) is 3.80. The molecule has 0 aliphatic carbocycles. The van der Waals surface area contributed by atoms with E-state index in [1.807, 2.05) is 0 Å². The quantitative estimate of drug-likeness (QED) is 0.810. The van der Waals surface area contributed by atoms with Crippen LogP contribution in [-0.4, -0.2) is 17.9 Å². The van der Waals surface area contributed by atoms with Gasteiger partial charge in [0.1, 0.15) is 0 Å². The van der Waals surface area contributed by atoms with E-state index in [2.05, 4.69) is 61.0 Å². The van der Waals surface area contributed by atoms with Gasteiger partial charge in [0.25, 0.3) is 5.91 Å². The van der Waals surface area contributed by atoms with Crippen LogP contribution in [0.5, 0.6) is 0 Å². The minimum atomic E-state index is -0.124. The van der Waals surface area contributed by atoms with Gasteiger partial charge in [0.05, 0.1) is 0 Å². The maximum absolute atomic E-state index is 12.2. The highest BCUT2D eigenvalue weighted by Gasteiger charge is 2.17. The molecule has 0 unspecified atom stereocenters. The summed E-state index contributed by atoms with van der Waals surface area (Å²) in [7, 11) is 1.77. The molecular weight excluding hydrogens is 330 g/mol. The van der Waals surface area contributed by atoms with Crippen molar-refractivity contribution in [3.63, 3.8) is 0 Å². The summed E-state index contributed by atoms with van der Waals surface area (Å²) in [6.45, 7) is 7.12. The minimum Gasteiger partial charge on any atom is -0.444 e. The summed E-state index contributed by atoms with van der Waals surface area (Å²) in [5.41, 5.74) is 2.53. The molecule has 1 amide bonds. The Bertz CT molecular complexity index is 623. The number of rotatable bonds is 3. The number of carbonyl (C=O) groups is 1. The van der Waals surface area contributed by atoms with Crippen molar-refractivity contribution in [2.24, 2.45) is 0 Å². The second kappa shape index (κ2) is 6.06. The lowest BCUT2D eigenvalue weighted by Crippen LogP contribution is -2.25. The Morgan fingerprint density at radius 2 is 1.76 bits per heavy atom. The first-order chi connectivity index (χ1) is 9.77. The van der Waals surface area contributed by atoms with Gasteiger partial charge in [0, 0.05) is 13.6 Å². The molecule has 4 heteroatoms. The molecule has 0 atom stereocenters. The van der Waals surface area contributed by atoms with Crippen molar-refractivity contribution in [3.05, 3.63) is 58.0 Å². The first-order valence-electron chi connectivity index (χ1n) is 6.87. The molecule has 0 saturated heterocycles. The van der Waals surface area contributed by atoms with Crippen LogP contribution < -0.4 is 0 Å². The Hall–Kier alpha value is -1.55. The molecule has 1 aromatic carbocycles. The third-order valence-electron chi connectivity index (χ3n) is 3.37. The second-order valence-corrected chi connectivity index (χ2v) is 6.99. The van der Waals surface area contributed by atoms with Crippen LogP contribution in [0.25, 0.3) is 0 Å². The number of hydrogen-bond acceptors (Lipinski definition) is 2. The highest BCUT2D eigenvalue weighted by atomic mass is 79.9. The summed E-state index contributed by atoms with van der Waals surface area (Å²) in [5, 5.41) is 0. The van der Waals surface area contributed by atoms with E-state index in [-0.39, 0.29) is 11.3 Å². The maximum atomic E-state index is 12.2. The lowest BCUT2D eigenvalue weighted by atomic mass is 9.87. The molecule has 3 nitrogen and oxygen atoms in total. The highest BCUT2D eigenvalue weighted by molar-refractivity contribution is 9.10. The minimum absolute atomic E-state index is 0.124. The van der Waals surface area contributed by atoms with Crippen molar-refractivity contribution in [3.8, 4) is 0 Å². The number of benzene rings is 1. The molecule has 2 rings (SSSR count). The molecule has 0 aliphatic heterocycles. The van der Waals surface area contributed by atoms with Crippen LogP contribution in [0.2, 0.25) is 0 Å². The Balaban J connectivity index is 2.06. The van der Waals surface area contributed by atoms with E-state index >= 15 is 0 Å². The largest absolute Gasteiger partial charge is 0.444 e. The van der Waals surface area contributed by atoms with Crippen molar-refractivity contribution in [2.75, 3.05) is 7.05 Å². The Kier molecular flexibility index (Phi) is 4.57. The van der Waals surface area contributed by atoms with Crippen LogP contribution in [0.1, 0.15) is 42.5 Å². The smallest absolute Gasteiger partial charge is 0.289 e. The average molecular weight is 350 g/mol. The predicted octanol–water partition coefficient (Wildman–Crippen LogP) is 4.61. The second-order valence-electron chi connectivity index (χ2n) is 6.21. The topological polar surface area (TPSA) is 33.5 Å². The normalized spacial score (nSPS) is 11.5. The van der Waals surface area contributed by atoms with E-state index in [0.717, 1.165) is 5.56 Å². The summed E-state index contributed by atoms with van der Waals surface area (Å²) >= 11 is 3.21. The van der Waals surface area contributed by atoms with Crippen LogP contribution in [0.4, 0.5) is 0 Å². The molecule has 0 spiro atoms. The maximum Gasteiger partial charge on any atom is 0.289 e. The van der Waals surface area contributed by atoms with Crippen molar-refractivity contribution < 1.29 is 9.21 Å². The van der Waals surface area contributed by atoms with Gasteiger partial charge in [0.2, 0.25) is 0 Å². The molecule has 112 valence electrons. The highest BCUT2D eigenvalue weighted by Crippen LogP contribution is 2.22. The van der Waals surface area contributed by atoms with Crippen molar-refractivity contribution in [2.45, 2.75) is 32.7 Å². The predicted molar refractivity (Wildman–Crippen MR) is 87.3 cm³/mol. The molecule has 0 N–H and O–H groups in total. The van der Waals surface area contributed by atoms with Gasteiger partial charge in [-0.2, -0.15) is 0 Å². The Morgan fingerprint density at radius 1 is 1.14 bits per heavy atom. The molecule has 2 aromatic rings. The number of nitrogens with zero attached hydrogens (tertiary/aromatic N) is 1. The Labute approximate surface area is 134 Å². The first kappa shape index (κ1) is 15.8. The number of amides is 1. The fraction of sp³-hybridized carbons (Fsp3) is 0.353. The summed E-state index contributed by atoms with van der Waals surface area (Å²) in [4.78, 5) is 13.9. The zero-order valence-corrected chi connectivity index (χ0v) is 14.4. The van der Waals surface area contributed by atoms with Crippen molar-refractivity contribution in [1.29, 1.82) is 0 Å². The van der Waals surface area contributed by atoms with Crippen LogP contribution in [0.15, 0.2) is 45.5 Å². The molecule has 1 heterocycles. The van der Waals surface area contributed by atoms with E-state index < -0.39 is 0 Å². The van der Waals surface area contributed by atoms with Crippen LogP contribution in [0.3, 0.4) is 0 Å². The summed E-state index contributed by atoms with van der Waals surface area (Å²) in [6.07, 6.45) is 0. The van der Waals surface area contributed by atoms with Crippen LogP contribution in [0, 0.1) is 0 Å². The molecule has 0 fully saturated rings. The summed E-state index contributed by atoms with van der Waals surface area (Å²) in [6, 6.07) is 11.8. The van der Waals surface area contributed by atoms with Gasteiger partial charge in [0.15, 0.2) is 10.4 Å². The number of carbonyl (C=O) groups excluding carboxylic acids is 1. The molecule has 0 aliphatic rings. The average Bonchev–Trinajstić information content (AvgIpc) is 2.84. The number of furan rings is 1. The molecule has 21 heavy (non-hydrogen) atoms. The van der Waals surface area contributed by atoms with Crippen molar-refractivity contribution in [1.82, 2.24) is 4.90 Å². The molecule has 0 radical (unpaired) electrons. The van der Waals surface area contributed by atoms with Crippen LogP contribution >= 0.6 is 15.9 Å². The monoisotopic (exact) mass is 349 g/mol. The summed E-state index contributed by atoms with van der Waals surface area (Å²) in [5.74, 6) is 0.219. The Morgan fingerprint density at radius 3 is 2.24 bits per heavy atom. The number of hydrogen-bond donors (Lipinski definition) is 0. The molecule has 0 bridgehead atoms. The number of halogens is 1. The van der Waals surface area contributed by atoms with Gasteiger partial charge >= 0.3 is 0 Å². The zero-order valence-electron chi connectivity index (χ0n) is 12.8. The van der Waals surface area contributed by atoms with Gasteiger partial charge in [-0.25, -0.2) is 0 Å². The van der Waals surface area contributed by atoms with Gasteiger partial charge in [-0.1, -0.05) is 45.0 Å². The van der Waals surface area contributed by atoms with Gasteiger partial charge in [-0.15, -0.1) is 0 Å². The standard InChI is InChI=1S/C17H20BrNO2/c1-17(2,3)13-7-5-12(6-8-13)11-19(4)16(20)14-9-10-15(18)21-14/h5-10H,11H2,1-4H3. The third kappa shape index (κ3) is 3.97. The van der Waals surface area contributed by atoms with Crippen LogP contribution in [-0.2, 0) is 12.0 Å². The lowest BCUT2D eigenvalue weighted by molar-refractivity contribution is 0.0752. The van der Waals surface area contributed by atoms with E-state index in [1.54, 1.807) is 24.1 Å². The van der Waals surface area contributed by atoms with E-state index in [1.165, 1.54) is 5.56 Å². The van der Waals surface area contributed by atoms with Gasteiger partial charge in [-0.05, 0) is 44.6 Å². The molecule has 0 saturated carbocycles. The zero-order chi connectivity index (χ0) is 15.6. The lowest BCUT2D eigenvalue weighted by Gasteiger charge is -2.20.